The first-order chi connectivity index (χ1) is 21.2. The maximum atomic E-state index is 12.9. The zero-order valence-corrected chi connectivity index (χ0v) is 23.2. The van der Waals surface area contributed by atoms with Crippen molar-refractivity contribution in [1.29, 1.82) is 0 Å². The Labute approximate surface area is 251 Å². The number of benzene rings is 4. The van der Waals surface area contributed by atoms with Crippen molar-refractivity contribution in [3.63, 3.8) is 0 Å². The summed E-state index contributed by atoms with van der Waals surface area (Å²) < 4.78 is 25.9. The van der Waals surface area contributed by atoms with E-state index in [0.717, 1.165) is 15.4 Å². The number of aldehydes is 1. The first-order valence-corrected chi connectivity index (χ1v) is 13.7. The lowest BCUT2D eigenvalue weighted by Crippen LogP contribution is -2.43. The Morgan fingerprint density at radius 2 is 0.932 bits per heavy atom. The minimum atomic E-state index is -0.905. The Morgan fingerprint density at radius 3 is 1.30 bits per heavy atom. The van der Waals surface area contributed by atoms with Crippen molar-refractivity contribution < 1.29 is 37.9 Å². The van der Waals surface area contributed by atoms with Crippen LogP contribution in [0, 0.1) is 11.6 Å². The summed E-state index contributed by atoms with van der Waals surface area (Å²) in [5, 5.41) is 9.60. The SMILES string of the molecule is O=C1c2ccccc2C(=O)N1[C@H](CO)Cc1ccc(F)cc1.O=C[C@H](Cc1ccc(F)cc1)N1C(=O)c2ccccc2C1=O. The van der Waals surface area contributed by atoms with E-state index in [9.17, 15) is 37.9 Å². The quantitative estimate of drug-likeness (QED) is 0.240. The first kappa shape index (κ1) is 30.1. The van der Waals surface area contributed by atoms with E-state index in [1.165, 1.54) is 36.4 Å². The van der Waals surface area contributed by atoms with Gasteiger partial charge in [-0.2, -0.15) is 0 Å². The molecule has 8 nitrogen and oxygen atoms in total. The highest BCUT2D eigenvalue weighted by molar-refractivity contribution is 6.22. The van der Waals surface area contributed by atoms with Gasteiger partial charge in [0.05, 0.1) is 40.9 Å². The average Bonchev–Trinajstić information content (AvgIpc) is 3.45. The van der Waals surface area contributed by atoms with Gasteiger partial charge in [-0.25, -0.2) is 8.78 Å². The largest absolute Gasteiger partial charge is 0.394 e. The third-order valence-corrected chi connectivity index (χ3v) is 7.46. The van der Waals surface area contributed by atoms with Crippen LogP contribution in [0.5, 0.6) is 0 Å². The van der Waals surface area contributed by atoms with Crippen LogP contribution in [0.1, 0.15) is 52.6 Å². The number of fused-ring (bicyclic) bond motifs is 2. The number of hydrogen-bond acceptors (Lipinski definition) is 6. The second-order valence-corrected chi connectivity index (χ2v) is 10.3. The lowest BCUT2D eigenvalue weighted by atomic mass is 10.1. The number of aliphatic hydroxyl groups is 1. The second-order valence-electron chi connectivity index (χ2n) is 10.3. The summed E-state index contributed by atoms with van der Waals surface area (Å²) in [4.78, 5) is 62.9. The first-order valence-electron chi connectivity index (χ1n) is 13.7. The van der Waals surface area contributed by atoms with E-state index in [0.29, 0.717) is 34.1 Å². The summed E-state index contributed by atoms with van der Waals surface area (Å²) in [6.07, 6.45) is 1.02. The average molecular weight is 597 g/mol. The molecule has 44 heavy (non-hydrogen) atoms. The zero-order valence-electron chi connectivity index (χ0n) is 23.2. The number of carbonyl (C=O) groups is 5. The molecule has 10 heteroatoms. The van der Waals surface area contributed by atoms with Gasteiger partial charge in [-0.1, -0.05) is 48.5 Å². The molecule has 2 heterocycles. The molecule has 0 unspecified atom stereocenters. The van der Waals surface area contributed by atoms with Crippen LogP contribution in [-0.2, 0) is 17.6 Å². The van der Waals surface area contributed by atoms with Crippen molar-refractivity contribution in [3.05, 3.63) is 142 Å². The smallest absolute Gasteiger partial charge is 0.262 e. The Morgan fingerprint density at radius 1 is 0.568 bits per heavy atom. The Hall–Kier alpha value is -5.35. The molecular weight excluding hydrogens is 570 g/mol. The van der Waals surface area contributed by atoms with E-state index in [-0.39, 0.29) is 31.1 Å². The monoisotopic (exact) mass is 596 g/mol. The van der Waals surface area contributed by atoms with Gasteiger partial charge in [0, 0.05) is 6.42 Å². The number of rotatable bonds is 8. The van der Waals surface area contributed by atoms with Crippen molar-refractivity contribution in [2.75, 3.05) is 6.61 Å². The summed E-state index contributed by atoms with van der Waals surface area (Å²) in [5.74, 6) is -2.49. The summed E-state index contributed by atoms with van der Waals surface area (Å²) in [7, 11) is 0. The predicted molar refractivity (Wildman–Crippen MR) is 155 cm³/mol. The topological polar surface area (TPSA) is 112 Å². The molecule has 0 radical (unpaired) electrons. The van der Waals surface area contributed by atoms with Crippen molar-refractivity contribution in [1.82, 2.24) is 9.80 Å². The third-order valence-electron chi connectivity index (χ3n) is 7.46. The third kappa shape index (κ3) is 5.93. The molecule has 4 aromatic rings. The van der Waals surface area contributed by atoms with E-state index >= 15 is 0 Å². The van der Waals surface area contributed by atoms with Crippen LogP contribution in [0.2, 0.25) is 0 Å². The van der Waals surface area contributed by atoms with Crippen LogP contribution >= 0.6 is 0 Å². The van der Waals surface area contributed by atoms with Crippen molar-refractivity contribution >= 4 is 29.9 Å². The normalized spacial score (nSPS) is 15.0. The van der Waals surface area contributed by atoms with Crippen LogP contribution in [0.4, 0.5) is 8.78 Å². The Bertz CT molecular complexity index is 1670. The second kappa shape index (κ2) is 12.9. The van der Waals surface area contributed by atoms with Gasteiger partial charge in [-0.15, -0.1) is 0 Å². The van der Waals surface area contributed by atoms with Gasteiger partial charge in [0.15, 0.2) is 0 Å². The van der Waals surface area contributed by atoms with Crippen LogP contribution in [0.15, 0.2) is 97.1 Å². The van der Waals surface area contributed by atoms with E-state index < -0.39 is 35.7 Å². The lowest BCUT2D eigenvalue weighted by molar-refractivity contribution is -0.111. The minimum Gasteiger partial charge on any atom is -0.394 e. The van der Waals surface area contributed by atoms with Gasteiger partial charge in [-0.05, 0) is 66.1 Å². The Balaban J connectivity index is 0.000000175. The fraction of sp³-hybridized carbons (Fsp3) is 0.147. The number of aliphatic hydroxyl groups excluding tert-OH is 1. The number of carbonyl (C=O) groups excluding carboxylic acids is 5. The summed E-state index contributed by atoms with van der Waals surface area (Å²) in [5.41, 5.74) is 2.74. The van der Waals surface area contributed by atoms with E-state index in [2.05, 4.69) is 0 Å². The molecule has 1 N–H and O–H groups in total. The molecule has 2 atom stereocenters. The molecule has 0 spiro atoms. The highest BCUT2D eigenvalue weighted by Crippen LogP contribution is 2.27. The highest BCUT2D eigenvalue weighted by Gasteiger charge is 2.40. The van der Waals surface area contributed by atoms with Gasteiger partial charge >= 0.3 is 0 Å². The summed E-state index contributed by atoms with van der Waals surface area (Å²) in [6.45, 7) is -0.344. The number of halogens is 2. The van der Waals surface area contributed by atoms with E-state index in [1.54, 1.807) is 60.7 Å². The van der Waals surface area contributed by atoms with Gasteiger partial charge in [0.1, 0.15) is 17.9 Å². The van der Waals surface area contributed by atoms with Crippen LogP contribution in [0.25, 0.3) is 0 Å². The number of imide groups is 2. The predicted octanol–water partition coefficient (Wildman–Crippen LogP) is 4.26. The van der Waals surface area contributed by atoms with Crippen LogP contribution in [0.3, 0.4) is 0 Å². The van der Waals surface area contributed by atoms with Gasteiger partial charge in [0.25, 0.3) is 23.6 Å². The molecule has 0 bridgehead atoms. The molecule has 4 aromatic carbocycles. The van der Waals surface area contributed by atoms with E-state index in [4.69, 9.17) is 0 Å². The van der Waals surface area contributed by atoms with Crippen LogP contribution in [-0.4, -0.2) is 63.5 Å². The minimum absolute atomic E-state index is 0.162. The fourth-order valence-corrected chi connectivity index (χ4v) is 5.24. The lowest BCUT2D eigenvalue weighted by Gasteiger charge is -2.24. The molecule has 0 fully saturated rings. The van der Waals surface area contributed by atoms with E-state index in [1.807, 2.05) is 0 Å². The number of amides is 4. The highest BCUT2D eigenvalue weighted by atomic mass is 19.1. The molecule has 2 aliphatic heterocycles. The zero-order chi connectivity index (χ0) is 31.4. The van der Waals surface area contributed by atoms with Gasteiger partial charge in [0.2, 0.25) is 0 Å². The number of nitrogens with zero attached hydrogens (tertiary/aromatic N) is 2. The Kier molecular flexibility index (Phi) is 8.82. The maximum Gasteiger partial charge on any atom is 0.262 e. The molecule has 0 saturated carbocycles. The van der Waals surface area contributed by atoms with Gasteiger partial charge in [-0.3, -0.25) is 29.0 Å². The maximum absolute atomic E-state index is 12.9. The molecule has 222 valence electrons. The van der Waals surface area contributed by atoms with Crippen molar-refractivity contribution in [2.24, 2.45) is 0 Å². The molecule has 0 saturated heterocycles. The molecular formula is C34H26F2N2O6. The van der Waals surface area contributed by atoms with Gasteiger partial charge < -0.3 is 9.90 Å². The fourth-order valence-electron chi connectivity index (χ4n) is 5.24. The molecule has 0 aliphatic carbocycles. The molecule has 2 aliphatic rings. The molecule has 6 rings (SSSR count). The molecule has 4 amide bonds. The summed E-state index contributed by atoms with van der Waals surface area (Å²) >= 11 is 0. The standard InChI is InChI=1S/C17H14FNO3.C17H12FNO3/c2*18-12-7-5-11(6-8-12)9-13(10-20)19-16(21)14-3-1-2-4-15(14)17(19)22/h1-8,13,20H,9-10H2;1-8,10,13H,9H2/t2*13-/m00/s1. The van der Waals surface area contributed by atoms with Crippen molar-refractivity contribution in [3.8, 4) is 0 Å². The molecule has 0 aromatic heterocycles. The number of hydrogen-bond donors (Lipinski definition) is 1. The summed E-state index contributed by atoms with van der Waals surface area (Å²) in [6, 6.07) is 22.9. The van der Waals surface area contributed by atoms with Crippen molar-refractivity contribution in [2.45, 2.75) is 24.9 Å². The van der Waals surface area contributed by atoms with Crippen LogP contribution < -0.4 is 0 Å².